The summed E-state index contributed by atoms with van der Waals surface area (Å²) >= 11 is 0. The summed E-state index contributed by atoms with van der Waals surface area (Å²) in [4.78, 5) is 0.0621. The fourth-order valence-electron chi connectivity index (χ4n) is 4.82. The minimum absolute atomic E-state index is 0.00828. The third-order valence-electron chi connectivity index (χ3n) is 6.29. The SMILES string of the molecule is Cc1ccc(F)cc1S(=O)(=O)N1CC(c2nncn2C)C2(CCCCC2)C1. The molecule has 2 fully saturated rings. The molecular formula is C19H25FN4O2S. The van der Waals surface area contributed by atoms with Gasteiger partial charge in [-0.1, -0.05) is 25.3 Å². The highest BCUT2D eigenvalue weighted by molar-refractivity contribution is 7.89. The second-order valence-corrected chi connectivity index (χ2v) is 9.89. The summed E-state index contributed by atoms with van der Waals surface area (Å²) in [6.07, 6.45) is 7.02. The van der Waals surface area contributed by atoms with Crippen LogP contribution in [-0.2, 0) is 17.1 Å². The second kappa shape index (κ2) is 6.67. The van der Waals surface area contributed by atoms with Crippen LogP contribution >= 0.6 is 0 Å². The normalized spacial score (nSPS) is 23.1. The van der Waals surface area contributed by atoms with Crippen LogP contribution in [0.1, 0.15) is 49.4 Å². The van der Waals surface area contributed by atoms with Gasteiger partial charge in [0.2, 0.25) is 10.0 Å². The van der Waals surface area contributed by atoms with Gasteiger partial charge >= 0.3 is 0 Å². The molecule has 1 unspecified atom stereocenters. The van der Waals surface area contributed by atoms with Gasteiger partial charge < -0.3 is 4.57 Å². The number of rotatable bonds is 3. The Balaban J connectivity index is 1.75. The number of benzene rings is 1. The minimum atomic E-state index is -3.77. The smallest absolute Gasteiger partial charge is 0.243 e. The van der Waals surface area contributed by atoms with Crippen molar-refractivity contribution < 1.29 is 12.8 Å². The summed E-state index contributed by atoms with van der Waals surface area (Å²) in [7, 11) is -1.87. The van der Waals surface area contributed by atoms with E-state index in [1.54, 1.807) is 17.6 Å². The average Bonchev–Trinajstić information content (AvgIpc) is 3.21. The molecular weight excluding hydrogens is 367 g/mol. The number of sulfonamides is 1. The Morgan fingerprint density at radius 2 is 1.96 bits per heavy atom. The second-order valence-electron chi connectivity index (χ2n) is 7.98. The zero-order chi connectivity index (χ0) is 19.2. The van der Waals surface area contributed by atoms with Crippen LogP contribution in [0.5, 0.6) is 0 Å². The van der Waals surface area contributed by atoms with Crippen molar-refractivity contribution in [2.75, 3.05) is 13.1 Å². The summed E-state index contributed by atoms with van der Waals surface area (Å²) < 4.78 is 43.9. The molecule has 0 radical (unpaired) electrons. The van der Waals surface area contributed by atoms with E-state index in [0.717, 1.165) is 37.6 Å². The molecule has 8 heteroatoms. The molecule has 146 valence electrons. The van der Waals surface area contributed by atoms with E-state index < -0.39 is 15.8 Å². The third-order valence-corrected chi connectivity index (χ3v) is 8.25. The van der Waals surface area contributed by atoms with Crippen molar-refractivity contribution in [1.82, 2.24) is 19.1 Å². The lowest BCUT2D eigenvalue weighted by Crippen LogP contribution is -2.34. The molecule has 0 N–H and O–H groups in total. The quantitative estimate of drug-likeness (QED) is 0.805. The lowest BCUT2D eigenvalue weighted by atomic mass is 9.67. The molecule has 1 spiro atoms. The summed E-state index contributed by atoms with van der Waals surface area (Å²) in [6.45, 7) is 2.53. The largest absolute Gasteiger partial charge is 0.320 e. The number of halogens is 1. The van der Waals surface area contributed by atoms with E-state index in [1.165, 1.54) is 18.6 Å². The fraction of sp³-hybridized carbons (Fsp3) is 0.579. The van der Waals surface area contributed by atoms with Gasteiger partial charge in [0, 0.05) is 26.1 Å². The molecule has 0 bridgehead atoms. The van der Waals surface area contributed by atoms with Gasteiger partial charge in [-0.3, -0.25) is 0 Å². The standard InChI is InChI=1S/C19H25FN4O2S/c1-14-6-7-15(20)10-17(14)27(25,26)24-11-16(18-22-21-13-23(18)2)19(12-24)8-4-3-5-9-19/h6-7,10,13,16H,3-5,8-9,11-12H2,1-2H3. The van der Waals surface area contributed by atoms with Crippen LogP contribution in [0.3, 0.4) is 0 Å². The Bertz CT molecular complexity index is 950. The molecule has 1 aromatic carbocycles. The Morgan fingerprint density at radius 3 is 2.63 bits per heavy atom. The van der Waals surface area contributed by atoms with Crippen molar-refractivity contribution in [1.29, 1.82) is 0 Å². The van der Waals surface area contributed by atoms with Gasteiger partial charge in [-0.15, -0.1) is 10.2 Å². The number of aromatic nitrogens is 3. The summed E-state index contributed by atoms with van der Waals surface area (Å²) in [6, 6.07) is 3.95. The maximum atomic E-state index is 13.8. The van der Waals surface area contributed by atoms with E-state index in [2.05, 4.69) is 10.2 Å². The van der Waals surface area contributed by atoms with Gasteiger partial charge in [0.05, 0.1) is 4.90 Å². The minimum Gasteiger partial charge on any atom is -0.320 e. The van der Waals surface area contributed by atoms with E-state index in [-0.39, 0.29) is 16.2 Å². The Hall–Kier alpha value is -1.80. The van der Waals surface area contributed by atoms with Gasteiger partial charge in [-0.2, -0.15) is 4.31 Å². The maximum Gasteiger partial charge on any atom is 0.243 e. The van der Waals surface area contributed by atoms with Crippen LogP contribution in [0.4, 0.5) is 4.39 Å². The molecule has 2 aromatic rings. The molecule has 6 nitrogen and oxygen atoms in total. The third kappa shape index (κ3) is 3.08. The Kier molecular flexibility index (Phi) is 4.58. The summed E-state index contributed by atoms with van der Waals surface area (Å²) in [5.74, 6) is 0.315. The molecule has 1 atom stereocenters. The maximum absolute atomic E-state index is 13.8. The van der Waals surface area contributed by atoms with E-state index >= 15 is 0 Å². The van der Waals surface area contributed by atoms with Crippen LogP contribution in [0.15, 0.2) is 29.4 Å². The Morgan fingerprint density at radius 1 is 1.22 bits per heavy atom. The number of aryl methyl sites for hydroxylation is 2. The van der Waals surface area contributed by atoms with Gasteiger partial charge in [-0.25, -0.2) is 12.8 Å². The van der Waals surface area contributed by atoms with Gasteiger partial charge in [0.15, 0.2) is 0 Å². The molecule has 1 aliphatic heterocycles. The first-order valence-corrected chi connectivity index (χ1v) is 10.9. The molecule has 4 rings (SSSR count). The number of hydrogen-bond donors (Lipinski definition) is 0. The van der Waals surface area contributed by atoms with Crippen LogP contribution in [0.2, 0.25) is 0 Å². The fourth-order valence-corrected chi connectivity index (χ4v) is 6.61. The molecule has 2 heterocycles. The predicted molar refractivity (Wildman–Crippen MR) is 99.2 cm³/mol. The van der Waals surface area contributed by atoms with Crippen LogP contribution in [0.25, 0.3) is 0 Å². The lowest BCUT2D eigenvalue weighted by Gasteiger charge is -2.37. The first kappa shape index (κ1) is 18.6. The van der Waals surface area contributed by atoms with Crippen LogP contribution < -0.4 is 0 Å². The highest BCUT2D eigenvalue weighted by Gasteiger charge is 2.52. The molecule has 1 saturated carbocycles. The van der Waals surface area contributed by atoms with Crippen molar-refractivity contribution in [2.24, 2.45) is 12.5 Å². The van der Waals surface area contributed by atoms with Gasteiger partial charge in [-0.05, 0) is 42.9 Å². The highest BCUT2D eigenvalue weighted by Crippen LogP contribution is 2.52. The first-order chi connectivity index (χ1) is 12.8. The van der Waals surface area contributed by atoms with Crippen LogP contribution in [-0.4, -0.2) is 40.6 Å². The molecule has 27 heavy (non-hydrogen) atoms. The highest BCUT2D eigenvalue weighted by atomic mass is 32.2. The van der Waals surface area contributed by atoms with E-state index in [0.29, 0.717) is 18.7 Å². The van der Waals surface area contributed by atoms with Crippen molar-refractivity contribution in [3.63, 3.8) is 0 Å². The molecule has 2 aliphatic rings. The van der Waals surface area contributed by atoms with Crippen LogP contribution in [0, 0.1) is 18.2 Å². The number of nitrogens with zero attached hydrogens (tertiary/aromatic N) is 4. The van der Waals surface area contributed by atoms with Crippen molar-refractivity contribution >= 4 is 10.0 Å². The Labute approximate surface area is 159 Å². The average molecular weight is 393 g/mol. The lowest BCUT2D eigenvalue weighted by molar-refractivity contribution is 0.177. The molecule has 1 aromatic heterocycles. The van der Waals surface area contributed by atoms with E-state index in [9.17, 15) is 12.8 Å². The topological polar surface area (TPSA) is 68.1 Å². The van der Waals surface area contributed by atoms with Gasteiger partial charge in [0.1, 0.15) is 18.0 Å². The van der Waals surface area contributed by atoms with Crippen molar-refractivity contribution in [3.05, 3.63) is 41.7 Å². The zero-order valence-corrected chi connectivity index (χ0v) is 16.5. The van der Waals surface area contributed by atoms with Crippen molar-refractivity contribution in [3.8, 4) is 0 Å². The first-order valence-electron chi connectivity index (χ1n) is 9.44. The summed E-state index contributed by atoms with van der Waals surface area (Å²) in [5, 5.41) is 8.31. The van der Waals surface area contributed by atoms with E-state index in [1.807, 2.05) is 11.6 Å². The van der Waals surface area contributed by atoms with Crippen molar-refractivity contribution in [2.45, 2.75) is 49.8 Å². The van der Waals surface area contributed by atoms with Gasteiger partial charge in [0.25, 0.3) is 0 Å². The summed E-state index contributed by atoms with van der Waals surface area (Å²) in [5.41, 5.74) is 0.448. The van der Waals surface area contributed by atoms with E-state index in [4.69, 9.17) is 0 Å². The molecule has 1 aliphatic carbocycles. The monoisotopic (exact) mass is 392 g/mol. The predicted octanol–water partition coefficient (Wildman–Crippen LogP) is 3.00. The molecule has 0 amide bonds. The zero-order valence-electron chi connectivity index (χ0n) is 15.7. The number of hydrogen-bond acceptors (Lipinski definition) is 4. The molecule has 1 saturated heterocycles.